The van der Waals surface area contributed by atoms with Gasteiger partial charge in [0.1, 0.15) is 0 Å². The number of carbonyl (C=O) groups is 1. The SMILES string of the molecule is Cc1ccc(NC(=O)CSc2nnc(-c3cccnc3)n2-c2ccc(Br)cc2)c(C)c1. The van der Waals surface area contributed by atoms with Crippen molar-refractivity contribution in [2.75, 3.05) is 11.1 Å². The molecule has 0 saturated carbocycles. The summed E-state index contributed by atoms with van der Waals surface area (Å²) < 4.78 is 2.92. The highest BCUT2D eigenvalue weighted by molar-refractivity contribution is 9.10. The van der Waals surface area contributed by atoms with Crippen LogP contribution in [0.4, 0.5) is 5.69 Å². The van der Waals surface area contributed by atoms with Crippen LogP contribution in [0.2, 0.25) is 0 Å². The van der Waals surface area contributed by atoms with Crippen LogP contribution in [0.1, 0.15) is 11.1 Å². The maximum absolute atomic E-state index is 12.6. The van der Waals surface area contributed by atoms with Crippen LogP contribution < -0.4 is 5.32 Å². The monoisotopic (exact) mass is 493 g/mol. The van der Waals surface area contributed by atoms with Gasteiger partial charge in [0, 0.05) is 33.8 Å². The zero-order valence-electron chi connectivity index (χ0n) is 17.0. The molecule has 31 heavy (non-hydrogen) atoms. The Bertz CT molecular complexity index is 1210. The Kier molecular flexibility index (Phi) is 6.48. The molecule has 2 aromatic carbocycles. The lowest BCUT2D eigenvalue weighted by atomic mass is 10.1. The van der Waals surface area contributed by atoms with Gasteiger partial charge in [0.25, 0.3) is 0 Å². The molecule has 156 valence electrons. The van der Waals surface area contributed by atoms with Crippen LogP contribution in [-0.2, 0) is 4.79 Å². The Labute approximate surface area is 193 Å². The van der Waals surface area contributed by atoms with Gasteiger partial charge >= 0.3 is 0 Å². The van der Waals surface area contributed by atoms with Crippen LogP contribution in [0.25, 0.3) is 17.1 Å². The highest BCUT2D eigenvalue weighted by atomic mass is 79.9. The molecule has 2 aromatic heterocycles. The van der Waals surface area contributed by atoms with Crippen LogP contribution in [0, 0.1) is 13.8 Å². The third-order valence-electron chi connectivity index (χ3n) is 4.63. The van der Waals surface area contributed by atoms with E-state index in [0.717, 1.165) is 32.5 Å². The first kappa shape index (κ1) is 21.3. The van der Waals surface area contributed by atoms with E-state index in [-0.39, 0.29) is 11.7 Å². The zero-order valence-corrected chi connectivity index (χ0v) is 19.4. The smallest absolute Gasteiger partial charge is 0.234 e. The van der Waals surface area contributed by atoms with Crippen molar-refractivity contribution in [2.45, 2.75) is 19.0 Å². The molecule has 0 unspecified atom stereocenters. The molecular formula is C23H20BrN5OS. The van der Waals surface area contributed by atoms with Gasteiger partial charge in [-0.15, -0.1) is 10.2 Å². The van der Waals surface area contributed by atoms with Gasteiger partial charge in [0.2, 0.25) is 5.91 Å². The van der Waals surface area contributed by atoms with E-state index in [4.69, 9.17) is 0 Å². The highest BCUT2D eigenvalue weighted by Gasteiger charge is 2.17. The normalized spacial score (nSPS) is 10.8. The molecule has 0 spiro atoms. The van der Waals surface area contributed by atoms with E-state index in [1.165, 1.54) is 11.8 Å². The summed E-state index contributed by atoms with van der Waals surface area (Å²) in [6.45, 7) is 4.02. The molecule has 1 amide bonds. The van der Waals surface area contributed by atoms with Crippen molar-refractivity contribution in [2.24, 2.45) is 0 Å². The second-order valence-corrected chi connectivity index (χ2v) is 8.87. The van der Waals surface area contributed by atoms with Crippen molar-refractivity contribution in [3.63, 3.8) is 0 Å². The average molecular weight is 494 g/mol. The third kappa shape index (κ3) is 5.03. The van der Waals surface area contributed by atoms with Gasteiger partial charge < -0.3 is 5.32 Å². The van der Waals surface area contributed by atoms with Gasteiger partial charge in [-0.2, -0.15) is 0 Å². The number of hydrogen-bond acceptors (Lipinski definition) is 5. The number of thioether (sulfide) groups is 1. The molecule has 0 bridgehead atoms. The van der Waals surface area contributed by atoms with Crippen LogP contribution in [0.3, 0.4) is 0 Å². The molecule has 4 aromatic rings. The summed E-state index contributed by atoms with van der Waals surface area (Å²) in [6.07, 6.45) is 3.47. The minimum absolute atomic E-state index is 0.0924. The van der Waals surface area contributed by atoms with Crippen molar-refractivity contribution in [3.8, 4) is 17.1 Å². The van der Waals surface area contributed by atoms with Crippen LogP contribution in [0.5, 0.6) is 0 Å². The van der Waals surface area contributed by atoms with E-state index in [2.05, 4.69) is 36.4 Å². The van der Waals surface area contributed by atoms with Gasteiger partial charge in [-0.25, -0.2) is 0 Å². The highest BCUT2D eigenvalue weighted by Crippen LogP contribution is 2.28. The van der Waals surface area contributed by atoms with Crippen molar-refractivity contribution in [3.05, 3.63) is 82.6 Å². The van der Waals surface area contributed by atoms with E-state index < -0.39 is 0 Å². The topological polar surface area (TPSA) is 72.7 Å². The van der Waals surface area contributed by atoms with Gasteiger partial charge in [-0.05, 0) is 61.9 Å². The van der Waals surface area contributed by atoms with E-state index in [9.17, 15) is 4.79 Å². The average Bonchev–Trinajstić information content (AvgIpc) is 3.19. The lowest BCUT2D eigenvalue weighted by Crippen LogP contribution is -2.15. The predicted octanol–water partition coefficient (Wildman–Crippen LogP) is 5.44. The van der Waals surface area contributed by atoms with Gasteiger partial charge in [0.15, 0.2) is 11.0 Å². The number of nitrogens with one attached hydrogen (secondary N) is 1. The first-order valence-corrected chi connectivity index (χ1v) is 11.4. The summed E-state index contributed by atoms with van der Waals surface area (Å²) in [6, 6.07) is 17.6. The minimum Gasteiger partial charge on any atom is -0.325 e. The largest absolute Gasteiger partial charge is 0.325 e. The third-order valence-corrected chi connectivity index (χ3v) is 6.08. The standard InChI is InChI=1S/C23H20BrN5OS/c1-15-5-10-20(16(2)12-15)26-21(30)14-31-23-28-27-22(17-4-3-11-25-13-17)29(23)19-8-6-18(24)7-9-19/h3-13H,14H2,1-2H3,(H,26,30). The number of anilines is 1. The quantitative estimate of drug-likeness (QED) is 0.362. The number of carbonyl (C=O) groups excluding carboxylic acids is 1. The lowest BCUT2D eigenvalue weighted by Gasteiger charge is -2.11. The number of amides is 1. The van der Waals surface area contributed by atoms with Gasteiger partial charge in [-0.1, -0.05) is 45.4 Å². The molecule has 8 heteroatoms. The summed E-state index contributed by atoms with van der Waals surface area (Å²) in [5.74, 6) is 0.799. The Morgan fingerprint density at radius 1 is 1.10 bits per heavy atom. The van der Waals surface area contributed by atoms with E-state index in [1.807, 2.05) is 73.0 Å². The molecule has 0 fully saturated rings. The second-order valence-electron chi connectivity index (χ2n) is 7.01. The fourth-order valence-corrected chi connectivity index (χ4v) is 4.15. The number of halogens is 1. The number of benzene rings is 2. The Morgan fingerprint density at radius 3 is 2.61 bits per heavy atom. The second kappa shape index (κ2) is 9.45. The first-order chi connectivity index (χ1) is 15.0. The van der Waals surface area contributed by atoms with Crippen LogP contribution in [0.15, 0.2) is 76.6 Å². The van der Waals surface area contributed by atoms with Crippen LogP contribution in [-0.4, -0.2) is 31.4 Å². The predicted molar refractivity (Wildman–Crippen MR) is 128 cm³/mol. The summed E-state index contributed by atoms with van der Waals surface area (Å²) in [5.41, 5.74) is 4.78. The molecule has 2 heterocycles. The molecule has 0 aliphatic rings. The number of pyridine rings is 1. The van der Waals surface area contributed by atoms with Gasteiger partial charge in [-0.3, -0.25) is 14.3 Å². The van der Waals surface area contributed by atoms with Crippen molar-refractivity contribution >= 4 is 39.3 Å². The fourth-order valence-electron chi connectivity index (χ4n) is 3.14. The summed E-state index contributed by atoms with van der Waals surface area (Å²) >= 11 is 4.82. The molecule has 0 aliphatic carbocycles. The molecule has 1 N–H and O–H groups in total. The van der Waals surface area contributed by atoms with Crippen molar-refractivity contribution < 1.29 is 4.79 Å². The zero-order chi connectivity index (χ0) is 21.8. The first-order valence-electron chi connectivity index (χ1n) is 9.63. The van der Waals surface area contributed by atoms with Crippen molar-refractivity contribution in [1.82, 2.24) is 19.7 Å². The molecule has 4 rings (SSSR count). The molecule has 6 nitrogen and oxygen atoms in total. The Balaban J connectivity index is 1.58. The maximum atomic E-state index is 12.6. The summed E-state index contributed by atoms with van der Waals surface area (Å²) in [4.78, 5) is 16.8. The number of aromatic nitrogens is 4. The summed E-state index contributed by atoms with van der Waals surface area (Å²) in [5, 5.41) is 12.4. The number of rotatable bonds is 6. The molecule has 0 saturated heterocycles. The van der Waals surface area contributed by atoms with E-state index in [0.29, 0.717) is 11.0 Å². The maximum Gasteiger partial charge on any atom is 0.234 e. The molecule has 0 aliphatic heterocycles. The number of hydrogen-bond donors (Lipinski definition) is 1. The van der Waals surface area contributed by atoms with E-state index in [1.54, 1.807) is 12.4 Å². The van der Waals surface area contributed by atoms with Crippen LogP contribution >= 0.6 is 27.7 Å². The molecule has 0 atom stereocenters. The Morgan fingerprint density at radius 2 is 1.90 bits per heavy atom. The Hall–Kier alpha value is -2.97. The van der Waals surface area contributed by atoms with E-state index >= 15 is 0 Å². The minimum atomic E-state index is -0.0924. The molecular weight excluding hydrogens is 474 g/mol. The molecule has 0 radical (unpaired) electrons. The van der Waals surface area contributed by atoms with Gasteiger partial charge in [0.05, 0.1) is 5.75 Å². The lowest BCUT2D eigenvalue weighted by molar-refractivity contribution is -0.113. The number of aryl methyl sites for hydroxylation is 2. The summed E-state index contributed by atoms with van der Waals surface area (Å²) in [7, 11) is 0. The fraction of sp³-hybridized carbons (Fsp3) is 0.130. The number of nitrogens with zero attached hydrogens (tertiary/aromatic N) is 4. The van der Waals surface area contributed by atoms with Crippen molar-refractivity contribution in [1.29, 1.82) is 0 Å².